The fraction of sp³-hybridized carbons (Fsp3) is 0.300. The van der Waals surface area contributed by atoms with Crippen LogP contribution >= 0.6 is 31.9 Å². The quantitative estimate of drug-likeness (QED) is 0.630. The molecule has 0 aliphatic rings. The lowest BCUT2D eigenvalue weighted by molar-refractivity contribution is -0.119. The van der Waals surface area contributed by atoms with Crippen molar-refractivity contribution in [1.29, 1.82) is 0 Å². The van der Waals surface area contributed by atoms with Gasteiger partial charge >= 0.3 is 0 Å². The normalized spacial score (nSPS) is 11.3. The standard InChI is InChI=1S/C10H13Br2N3O3S/c1-2-14-9(16)5-15-19(17,18)10-7(12)3-6(11)4-8(10)13/h3-4,15H,2,5,13H2,1H3,(H,14,16). The van der Waals surface area contributed by atoms with Crippen molar-refractivity contribution in [2.24, 2.45) is 0 Å². The lowest BCUT2D eigenvalue weighted by Gasteiger charge is -2.11. The summed E-state index contributed by atoms with van der Waals surface area (Å²) in [6.07, 6.45) is 0. The van der Waals surface area contributed by atoms with Crippen LogP contribution in [0.5, 0.6) is 0 Å². The van der Waals surface area contributed by atoms with E-state index in [1.54, 1.807) is 13.0 Å². The second kappa shape index (κ2) is 6.69. The maximum absolute atomic E-state index is 12.1. The third-order valence-corrected chi connectivity index (χ3v) is 4.97. The van der Waals surface area contributed by atoms with Crippen LogP contribution in [0, 0.1) is 0 Å². The lowest BCUT2D eigenvalue weighted by atomic mass is 10.3. The van der Waals surface area contributed by atoms with Crippen LogP contribution in [0.4, 0.5) is 5.69 Å². The molecule has 0 saturated carbocycles. The van der Waals surface area contributed by atoms with Crippen LogP contribution in [-0.4, -0.2) is 27.4 Å². The summed E-state index contributed by atoms with van der Waals surface area (Å²) < 4.78 is 27.3. The van der Waals surface area contributed by atoms with Crippen molar-refractivity contribution < 1.29 is 13.2 Å². The summed E-state index contributed by atoms with van der Waals surface area (Å²) in [4.78, 5) is 11.2. The number of sulfonamides is 1. The van der Waals surface area contributed by atoms with Crippen molar-refractivity contribution >= 4 is 53.5 Å². The van der Waals surface area contributed by atoms with Gasteiger partial charge in [0, 0.05) is 15.5 Å². The van der Waals surface area contributed by atoms with Crippen LogP contribution in [0.1, 0.15) is 6.92 Å². The van der Waals surface area contributed by atoms with Gasteiger partial charge in [-0.15, -0.1) is 0 Å². The third kappa shape index (κ3) is 4.44. The van der Waals surface area contributed by atoms with Crippen molar-refractivity contribution in [3.05, 3.63) is 21.1 Å². The largest absolute Gasteiger partial charge is 0.398 e. The molecule has 0 saturated heterocycles. The summed E-state index contributed by atoms with van der Waals surface area (Å²) in [5, 5.41) is 2.49. The first-order chi connectivity index (χ1) is 8.77. The van der Waals surface area contributed by atoms with E-state index in [0.29, 0.717) is 15.5 Å². The van der Waals surface area contributed by atoms with Crippen LogP contribution in [-0.2, 0) is 14.8 Å². The van der Waals surface area contributed by atoms with Crippen molar-refractivity contribution in [3.8, 4) is 0 Å². The van der Waals surface area contributed by atoms with E-state index in [0.717, 1.165) is 0 Å². The Labute approximate surface area is 128 Å². The average Bonchev–Trinajstić information content (AvgIpc) is 2.25. The molecule has 19 heavy (non-hydrogen) atoms. The van der Waals surface area contributed by atoms with Crippen molar-refractivity contribution in [2.75, 3.05) is 18.8 Å². The van der Waals surface area contributed by atoms with E-state index in [1.165, 1.54) is 6.07 Å². The van der Waals surface area contributed by atoms with Crippen LogP contribution in [0.2, 0.25) is 0 Å². The second-order valence-electron chi connectivity index (χ2n) is 3.58. The Balaban J connectivity index is 2.98. The van der Waals surface area contributed by atoms with Gasteiger partial charge in [-0.1, -0.05) is 15.9 Å². The molecule has 0 radical (unpaired) electrons. The number of hydrogen-bond acceptors (Lipinski definition) is 4. The molecule has 0 spiro atoms. The number of amides is 1. The van der Waals surface area contributed by atoms with Crippen molar-refractivity contribution in [3.63, 3.8) is 0 Å². The number of benzene rings is 1. The highest BCUT2D eigenvalue weighted by atomic mass is 79.9. The molecule has 0 bridgehead atoms. The molecule has 1 rings (SSSR count). The van der Waals surface area contributed by atoms with Gasteiger partial charge in [-0.2, -0.15) is 0 Å². The summed E-state index contributed by atoms with van der Waals surface area (Å²) in [7, 11) is -3.86. The number of rotatable bonds is 5. The predicted octanol–water partition coefficient (Wildman–Crippen LogP) is 1.21. The number of carbonyl (C=O) groups excluding carboxylic acids is 1. The Morgan fingerprint density at radius 1 is 1.37 bits per heavy atom. The SMILES string of the molecule is CCNC(=O)CNS(=O)(=O)c1c(N)cc(Br)cc1Br. The summed E-state index contributed by atoms with van der Waals surface area (Å²) in [6, 6.07) is 3.04. The summed E-state index contributed by atoms with van der Waals surface area (Å²) in [6.45, 7) is 1.85. The van der Waals surface area contributed by atoms with Gasteiger partial charge in [0.15, 0.2) is 0 Å². The molecule has 0 aliphatic heterocycles. The number of likely N-dealkylation sites (N-methyl/N-ethyl adjacent to an activating group) is 1. The first-order valence-corrected chi connectivity index (χ1v) is 8.35. The summed E-state index contributed by atoms with van der Waals surface area (Å²) >= 11 is 6.35. The highest BCUT2D eigenvalue weighted by Crippen LogP contribution is 2.31. The fourth-order valence-corrected chi connectivity index (χ4v) is 4.40. The molecule has 1 aromatic rings. The van der Waals surface area contributed by atoms with E-state index in [2.05, 4.69) is 41.9 Å². The molecule has 0 aliphatic carbocycles. The first-order valence-electron chi connectivity index (χ1n) is 5.28. The molecule has 0 heterocycles. The van der Waals surface area contributed by atoms with Gasteiger partial charge in [-0.3, -0.25) is 4.79 Å². The molecular formula is C10H13Br2N3O3S. The zero-order valence-corrected chi connectivity index (χ0v) is 14.0. The molecule has 0 aromatic heterocycles. The Hall–Kier alpha value is -0.640. The van der Waals surface area contributed by atoms with Crippen LogP contribution in [0.3, 0.4) is 0 Å². The van der Waals surface area contributed by atoms with E-state index < -0.39 is 15.9 Å². The Morgan fingerprint density at radius 2 is 2.00 bits per heavy atom. The Bertz CT molecular complexity index is 567. The number of carbonyl (C=O) groups is 1. The van der Waals surface area contributed by atoms with Gasteiger partial charge in [0.2, 0.25) is 15.9 Å². The number of nitrogen functional groups attached to an aromatic ring is 1. The maximum atomic E-state index is 12.1. The Morgan fingerprint density at radius 3 is 2.53 bits per heavy atom. The molecule has 1 amide bonds. The molecule has 0 atom stereocenters. The van der Waals surface area contributed by atoms with E-state index in [4.69, 9.17) is 5.73 Å². The predicted molar refractivity (Wildman–Crippen MR) is 80.1 cm³/mol. The number of halogens is 2. The maximum Gasteiger partial charge on any atom is 0.244 e. The van der Waals surface area contributed by atoms with Gasteiger partial charge in [0.1, 0.15) is 4.90 Å². The van der Waals surface area contributed by atoms with Gasteiger partial charge < -0.3 is 11.1 Å². The average molecular weight is 415 g/mol. The number of anilines is 1. The molecule has 1 aromatic carbocycles. The lowest BCUT2D eigenvalue weighted by Crippen LogP contribution is -2.37. The minimum Gasteiger partial charge on any atom is -0.398 e. The minimum absolute atomic E-state index is 0.0833. The molecule has 0 unspecified atom stereocenters. The Kier molecular flexibility index (Phi) is 5.78. The molecule has 4 N–H and O–H groups in total. The monoisotopic (exact) mass is 413 g/mol. The van der Waals surface area contributed by atoms with Crippen molar-refractivity contribution in [2.45, 2.75) is 11.8 Å². The summed E-state index contributed by atoms with van der Waals surface area (Å²) in [5.41, 5.74) is 5.78. The van der Waals surface area contributed by atoms with E-state index >= 15 is 0 Å². The van der Waals surface area contributed by atoms with E-state index in [-0.39, 0.29) is 17.1 Å². The number of nitrogens with one attached hydrogen (secondary N) is 2. The molecule has 9 heteroatoms. The highest BCUT2D eigenvalue weighted by molar-refractivity contribution is 9.11. The molecular weight excluding hydrogens is 402 g/mol. The van der Waals surface area contributed by atoms with Gasteiger partial charge in [-0.25, -0.2) is 13.1 Å². The zero-order valence-electron chi connectivity index (χ0n) is 10.0. The first kappa shape index (κ1) is 16.4. The minimum atomic E-state index is -3.86. The second-order valence-corrected chi connectivity index (χ2v) is 7.06. The smallest absolute Gasteiger partial charge is 0.244 e. The van der Waals surface area contributed by atoms with Crippen molar-refractivity contribution in [1.82, 2.24) is 10.0 Å². The zero-order chi connectivity index (χ0) is 14.6. The third-order valence-electron chi connectivity index (χ3n) is 2.10. The summed E-state index contributed by atoms with van der Waals surface area (Å²) in [5.74, 6) is -0.405. The highest BCUT2D eigenvalue weighted by Gasteiger charge is 2.22. The van der Waals surface area contributed by atoms with Gasteiger partial charge in [0.25, 0.3) is 0 Å². The van der Waals surface area contributed by atoms with Crippen LogP contribution in [0.25, 0.3) is 0 Å². The fourth-order valence-electron chi connectivity index (χ4n) is 1.36. The van der Waals surface area contributed by atoms with E-state index in [9.17, 15) is 13.2 Å². The van der Waals surface area contributed by atoms with Crippen LogP contribution < -0.4 is 15.8 Å². The van der Waals surface area contributed by atoms with Crippen LogP contribution in [0.15, 0.2) is 26.0 Å². The molecule has 6 nitrogen and oxygen atoms in total. The topological polar surface area (TPSA) is 101 Å². The number of hydrogen-bond donors (Lipinski definition) is 3. The van der Waals surface area contributed by atoms with Gasteiger partial charge in [-0.05, 0) is 35.0 Å². The van der Waals surface area contributed by atoms with E-state index in [1.807, 2.05) is 0 Å². The molecule has 106 valence electrons. The molecule has 0 fully saturated rings. The number of nitrogens with two attached hydrogens (primary N) is 1. The van der Waals surface area contributed by atoms with Gasteiger partial charge in [0.05, 0.1) is 12.2 Å².